The van der Waals surface area contributed by atoms with Crippen LogP contribution in [0.5, 0.6) is 0 Å². The summed E-state index contributed by atoms with van der Waals surface area (Å²) in [6.07, 6.45) is 0. The molecule has 0 bridgehead atoms. The first kappa shape index (κ1) is 17.4. The van der Waals surface area contributed by atoms with E-state index in [2.05, 4.69) is 55.8 Å². The second-order valence-corrected chi connectivity index (χ2v) is 6.70. The van der Waals surface area contributed by atoms with Crippen molar-refractivity contribution >= 4 is 22.7 Å². The van der Waals surface area contributed by atoms with Crippen LogP contribution in [0.15, 0.2) is 77.5 Å². The third-order valence-electron chi connectivity index (χ3n) is 2.67. The average Bonchev–Trinajstić information content (AvgIpc) is 2.65. The summed E-state index contributed by atoms with van der Waals surface area (Å²) in [4.78, 5) is 2.68. The van der Waals surface area contributed by atoms with Gasteiger partial charge in [-0.2, -0.15) is 0 Å². The predicted molar refractivity (Wildman–Crippen MR) is 98.1 cm³/mol. The Labute approximate surface area is 136 Å². The number of aryl methyl sites for hydroxylation is 3. The van der Waals surface area contributed by atoms with Crippen molar-refractivity contribution in [2.24, 2.45) is 0 Å². The van der Waals surface area contributed by atoms with E-state index in [0.29, 0.717) is 0 Å². The maximum Gasteiger partial charge on any atom is 0.00430 e. The van der Waals surface area contributed by atoms with Gasteiger partial charge in [-0.05, 0) is 43.2 Å². The fourth-order valence-electron chi connectivity index (χ4n) is 1.34. The highest BCUT2D eigenvalue weighted by molar-refractivity contribution is 7.09. The van der Waals surface area contributed by atoms with E-state index in [-0.39, 0.29) is 0 Å². The molecule has 2 heterocycles. The highest BCUT2D eigenvalue weighted by atomic mass is 32.1. The molecule has 0 aliphatic heterocycles. The maximum absolute atomic E-state index is 2.14. The van der Waals surface area contributed by atoms with Crippen LogP contribution in [0.25, 0.3) is 0 Å². The SMILES string of the molecule is Cc1cccccccs1.Cc1ccccccsc1C. The van der Waals surface area contributed by atoms with Crippen LogP contribution in [0.2, 0.25) is 0 Å². The van der Waals surface area contributed by atoms with Crippen LogP contribution in [-0.2, 0) is 0 Å². The van der Waals surface area contributed by atoms with E-state index in [4.69, 9.17) is 0 Å². The molecule has 0 aliphatic rings. The van der Waals surface area contributed by atoms with Crippen molar-refractivity contribution in [1.29, 1.82) is 0 Å². The summed E-state index contributed by atoms with van der Waals surface area (Å²) in [5.41, 5.74) is 1.34. The molecule has 0 unspecified atom stereocenters. The molecule has 0 fully saturated rings. The largest absolute Gasteiger partial charge is 0.149 e. The minimum Gasteiger partial charge on any atom is -0.149 e. The standard InChI is InChI=1S/C10H12S.C9H10S/c1-9-7-5-3-4-6-8-11-10(9)2;1-9-7-5-3-2-4-6-8-10-9/h3-8H,1-2H3;2-8H,1H3. The summed E-state index contributed by atoms with van der Waals surface area (Å²) in [5, 5.41) is 4.18. The molecule has 110 valence electrons. The molecule has 2 aromatic rings. The van der Waals surface area contributed by atoms with E-state index in [1.54, 1.807) is 22.7 Å². The highest BCUT2D eigenvalue weighted by Gasteiger charge is 1.82. The predicted octanol–water partition coefficient (Wildman–Crippen LogP) is 6.67. The Kier molecular flexibility index (Phi) is 9.18. The number of hydrogen-bond donors (Lipinski definition) is 0. The molecule has 0 nitrogen and oxygen atoms in total. The zero-order chi connectivity index (χ0) is 15.3. The summed E-state index contributed by atoms with van der Waals surface area (Å²) in [7, 11) is 0. The van der Waals surface area contributed by atoms with Gasteiger partial charge in [0, 0.05) is 9.75 Å². The molecule has 2 rings (SSSR count). The van der Waals surface area contributed by atoms with Crippen molar-refractivity contribution in [3.05, 3.63) is 92.8 Å². The molecule has 0 saturated carbocycles. The zero-order valence-corrected chi connectivity index (χ0v) is 14.5. The van der Waals surface area contributed by atoms with Crippen molar-refractivity contribution in [3.8, 4) is 0 Å². The van der Waals surface area contributed by atoms with Crippen LogP contribution in [0.3, 0.4) is 0 Å². The Morgan fingerprint density at radius 3 is 1.81 bits per heavy atom. The van der Waals surface area contributed by atoms with Gasteiger partial charge in [-0.15, -0.1) is 22.7 Å². The van der Waals surface area contributed by atoms with Crippen LogP contribution in [0.1, 0.15) is 15.3 Å². The van der Waals surface area contributed by atoms with Crippen LogP contribution in [-0.4, -0.2) is 0 Å². The maximum atomic E-state index is 2.14. The van der Waals surface area contributed by atoms with Crippen LogP contribution < -0.4 is 0 Å². The lowest BCUT2D eigenvalue weighted by Crippen LogP contribution is -1.67. The molecule has 0 saturated heterocycles. The third-order valence-corrected chi connectivity index (χ3v) is 4.44. The topological polar surface area (TPSA) is 0 Å². The smallest absolute Gasteiger partial charge is 0.00430 e. The molecule has 0 spiro atoms. The molecular weight excluding hydrogens is 292 g/mol. The van der Waals surface area contributed by atoms with Gasteiger partial charge in [-0.25, -0.2) is 0 Å². The molecule has 2 heteroatoms. The van der Waals surface area contributed by atoms with Gasteiger partial charge in [0.25, 0.3) is 0 Å². The van der Waals surface area contributed by atoms with Gasteiger partial charge in [0.2, 0.25) is 0 Å². The van der Waals surface area contributed by atoms with E-state index >= 15 is 0 Å². The highest BCUT2D eigenvalue weighted by Crippen LogP contribution is 2.06. The van der Waals surface area contributed by atoms with Crippen molar-refractivity contribution in [2.75, 3.05) is 0 Å². The van der Waals surface area contributed by atoms with Crippen molar-refractivity contribution < 1.29 is 0 Å². The quantitative estimate of drug-likeness (QED) is 0.509. The van der Waals surface area contributed by atoms with E-state index in [0.717, 1.165) is 0 Å². The van der Waals surface area contributed by atoms with Crippen molar-refractivity contribution in [3.63, 3.8) is 0 Å². The van der Waals surface area contributed by atoms with Gasteiger partial charge in [0.15, 0.2) is 0 Å². The van der Waals surface area contributed by atoms with Crippen molar-refractivity contribution in [2.45, 2.75) is 20.8 Å². The van der Waals surface area contributed by atoms with Gasteiger partial charge in [0.1, 0.15) is 0 Å². The lowest BCUT2D eigenvalue weighted by Gasteiger charge is -1.88. The zero-order valence-electron chi connectivity index (χ0n) is 12.8. The van der Waals surface area contributed by atoms with Gasteiger partial charge >= 0.3 is 0 Å². The molecule has 0 atom stereocenters. The van der Waals surface area contributed by atoms with E-state index < -0.39 is 0 Å². The molecule has 2 aromatic heterocycles. The van der Waals surface area contributed by atoms with Crippen LogP contribution in [0, 0.1) is 20.8 Å². The molecule has 0 amide bonds. The summed E-state index contributed by atoms with van der Waals surface area (Å²) in [5.74, 6) is 0. The van der Waals surface area contributed by atoms with E-state index in [1.807, 2.05) is 42.5 Å². The van der Waals surface area contributed by atoms with E-state index in [1.165, 1.54) is 15.3 Å². The summed E-state index contributed by atoms with van der Waals surface area (Å²) >= 11 is 3.51. The first-order valence-electron chi connectivity index (χ1n) is 6.87. The van der Waals surface area contributed by atoms with E-state index in [9.17, 15) is 0 Å². The Hall–Kier alpha value is -1.64. The Balaban J connectivity index is 0.000000211. The Bertz CT molecular complexity index is 569. The number of rotatable bonds is 0. The lowest BCUT2D eigenvalue weighted by molar-refractivity contribution is 1.42. The normalized spacial score (nSPS) is 8.71. The van der Waals surface area contributed by atoms with Crippen LogP contribution >= 0.6 is 22.7 Å². The molecule has 21 heavy (non-hydrogen) atoms. The van der Waals surface area contributed by atoms with Gasteiger partial charge in [0.05, 0.1) is 0 Å². The lowest BCUT2D eigenvalue weighted by atomic mass is 10.3. The molecule has 0 aromatic carbocycles. The molecule has 0 radical (unpaired) electrons. The second-order valence-electron chi connectivity index (χ2n) is 4.42. The monoisotopic (exact) mass is 314 g/mol. The molecule has 0 aliphatic carbocycles. The van der Waals surface area contributed by atoms with Gasteiger partial charge in [-0.1, -0.05) is 60.7 Å². The van der Waals surface area contributed by atoms with Gasteiger partial charge in [-0.3, -0.25) is 0 Å². The molecular formula is C19H22S2. The first-order valence-corrected chi connectivity index (χ1v) is 8.63. The summed E-state index contributed by atoms with van der Waals surface area (Å²) in [6.45, 7) is 6.37. The molecule has 0 N–H and O–H groups in total. The average molecular weight is 315 g/mol. The number of hydrogen-bond acceptors (Lipinski definition) is 2. The fourth-order valence-corrected chi connectivity index (χ4v) is 2.51. The fraction of sp³-hybridized carbons (Fsp3) is 0.158. The summed E-state index contributed by atoms with van der Waals surface area (Å²) < 4.78 is 0. The van der Waals surface area contributed by atoms with Crippen molar-refractivity contribution in [1.82, 2.24) is 0 Å². The minimum atomic E-state index is 1.32. The Morgan fingerprint density at radius 1 is 0.571 bits per heavy atom. The van der Waals surface area contributed by atoms with Gasteiger partial charge < -0.3 is 0 Å². The first-order chi connectivity index (χ1) is 10.2. The van der Waals surface area contributed by atoms with Crippen LogP contribution in [0.4, 0.5) is 0 Å². The minimum absolute atomic E-state index is 1.32. The third kappa shape index (κ3) is 9.01. The second kappa shape index (κ2) is 11.1. The Morgan fingerprint density at radius 2 is 1.10 bits per heavy atom. The summed E-state index contributed by atoms with van der Waals surface area (Å²) in [6, 6.07) is 22.6.